The van der Waals surface area contributed by atoms with E-state index in [9.17, 15) is 0 Å². The van der Waals surface area contributed by atoms with Gasteiger partial charge >= 0.3 is 0 Å². The topological polar surface area (TPSA) is 4.93 Å². The van der Waals surface area contributed by atoms with E-state index >= 15 is 0 Å². The van der Waals surface area contributed by atoms with Gasteiger partial charge in [0.1, 0.15) is 0 Å². The van der Waals surface area contributed by atoms with Gasteiger partial charge in [0, 0.05) is 18.4 Å². The molecule has 0 atom stereocenters. The van der Waals surface area contributed by atoms with E-state index in [1.165, 1.54) is 16.8 Å². The standard InChI is InChI=1S/C11H17N/c1-5-6-7-12-8-9(2)10(3)11(12)4/h5,8H,1,6-7H2,2-4H3. The monoisotopic (exact) mass is 163 g/mol. The number of hydrogen-bond acceptors (Lipinski definition) is 0. The van der Waals surface area contributed by atoms with Crippen LogP contribution in [0.1, 0.15) is 23.2 Å². The van der Waals surface area contributed by atoms with E-state index in [2.05, 4.69) is 38.1 Å². The lowest BCUT2D eigenvalue weighted by molar-refractivity contribution is 0.692. The van der Waals surface area contributed by atoms with E-state index in [1.807, 2.05) is 6.08 Å². The maximum atomic E-state index is 3.72. The Morgan fingerprint density at radius 2 is 2.08 bits per heavy atom. The highest BCUT2D eigenvalue weighted by molar-refractivity contribution is 5.28. The van der Waals surface area contributed by atoms with E-state index in [0.717, 1.165) is 13.0 Å². The van der Waals surface area contributed by atoms with Gasteiger partial charge in [-0.25, -0.2) is 0 Å². The molecule has 1 aromatic heterocycles. The summed E-state index contributed by atoms with van der Waals surface area (Å²) < 4.78 is 2.30. The highest BCUT2D eigenvalue weighted by Gasteiger charge is 2.03. The third kappa shape index (κ3) is 1.60. The molecule has 0 aliphatic rings. The zero-order valence-corrected chi connectivity index (χ0v) is 8.22. The zero-order chi connectivity index (χ0) is 9.14. The molecular weight excluding hydrogens is 146 g/mol. The van der Waals surface area contributed by atoms with Gasteiger partial charge in [-0.3, -0.25) is 0 Å². The van der Waals surface area contributed by atoms with Gasteiger partial charge in [0.05, 0.1) is 0 Å². The molecule has 0 aliphatic heterocycles. The predicted molar refractivity (Wildman–Crippen MR) is 53.5 cm³/mol. The lowest BCUT2D eigenvalue weighted by Gasteiger charge is -2.03. The molecule has 1 rings (SSSR count). The minimum absolute atomic E-state index is 1.05. The fourth-order valence-electron chi connectivity index (χ4n) is 1.39. The van der Waals surface area contributed by atoms with Crippen LogP contribution in [0, 0.1) is 20.8 Å². The van der Waals surface area contributed by atoms with Crippen LogP contribution in [0.2, 0.25) is 0 Å². The molecule has 1 heterocycles. The Morgan fingerprint density at radius 1 is 1.42 bits per heavy atom. The van der Waals surface area contributed by atoms with Crippen LogP contribution in [0.4, 0.5) is 0 Å². The molecule has 66 valence electrons. The summed E-state index contributed by atoms with van der Waals surface area (Å²) in [7, 11) is 0. The molecule has 0 amide bonds. The summed E-state index contributed by atoms with van der Waals surface area (Å²) in [6.07, 6.45) is 5.23. The molecular formula is C11H17N. The minimum Gasteiger partial charge on any atom is -0.351 e. The van der Waals surface area contributed by atoms with Crippen LogP contribution in [0.25, 0.3) is 0 Å². The molecule has 0 N–H and O–H groups in total. The van der Waals surface area contributed by atoms with Crippen molar-refractivity contribution >= 4 is 0 Å². The van der Waals surface area contributed by atoms with Crippen LogP contribution < -0.4 is 0 Å². The summed E-state index contributed by atoms with van der Waals surface area (Å²) in [4.78, 5) is 0. The molecule has 12 heavy (non-hydrogen) atoms. The smallest absolute Gasteiger partial charge is 0.0256 e. The van der Waals surface area contributed by atoms with Crippen molar-refractivity contribution in [1.29, 1.82) is 0 Å². The normalized spacial score (nSPS) is 10.2. The molecule has 1 nitrogen and oxygen atoms in total. The highest BCUT2D eigenvalue weighted by Crippen LogP contribution is 2.14. The number of allylic oxidation sites excluding steroid dienone is 1. The molecule has 0 unspecified atom stereocenters. The number of rotatable bonds is 3. The summed E-state index contributed by atoms with van der Waals surface area (Å²) in [6, 6.07) is 0. The Hall–Kier alpha value is -0.980. The van der Waals surface area contributed by atoms with Crippen LogP contribution >= 0.6 is 0 Å². The van der Waals surface area contributed by atoms with Crippen molar-refractivity contribution in [1.82, 2.24) is 4.57 Å². The fraction of sp³-hybridized carbons (Fsp3) is 0.455. The number of aromatic nitrogens is 1. The van der Waals surface area contributed by atoms with Gasteiger partial charge in [-0.05, 0) is 38.3 Å². The van der Waals surface area contributed by atoms with Gasteiger partial charge < -0.3 is 4.57 Å². The van der Waals surface area contributed by atoms with Crippen LogP contribution in [0.3, 0.4) is 0 Å². The third-order valence-electron chi connectivity index (χ3n) is 2.49. The van der Waals surface area contributed by atoms with E-state index in [0.29, 0.717) is 0 Å². The Kier molecular flexibility index (Phi) is 2.74. The Morgan fingerprint density at radius 3 is 2.50 bits per heavy atom. The van der Waals surface area contributed by atoms with Crippen molar-refractivity contribution in [3.05, 3.63) is 35.7 Å². The first kappa shape index (κ1) is 9.11. The predicted octanol–water partition coefficient (Wildman–Crippen LogP) is 2.99. The summed E-state index contributed by atoms with van der Waals surface area (Å²) in [5.41, 5.74) is 4.19. The van der Waals surface area contributed by atoms with E-state index in [1.54, 1.807) is 0 Å². The highest BCUT2D eigenvalue weighted by atomic mass is 15.0. The van der Waals surface area contributed by atoms with Crippen molar-refractivity contribution in [2.45, 2.75) is 33.7 Å². The van der Waals surface area contributed by atoms with Crippen LogP contribution in [-0.2, 0) is 6.54 Å². The van der Waals surface area contributed by atoms with Gasteiger partial charge in [0.2, 0.25) is 0 Å². The molecule has 0 bridgehead atoms. The molecule has 1 heteroatoms. The Labute approximate surface area is 74.7 Å². The Bertz CT molecular complexity index is 281. The summed E-state index contributed by atoms with van der Waals surface area (Å²) in [6.45, 7) is 11.3. The van der Waals surface area contributed by atoms with Gasteiger partial charge in [0.15, 0.2) is 0 Å². The number of hydrogen-bond donors (Lipinski definition) is 0. The molecule has 0 aromatic carbocycles. The molecule has 0 fully saturated rings. The number of aryl methyl sites for hydroxylation is 2. The van der Waals surface area contributed by atoms with Gasteiger partial charge in [-0.2, -0.15) is 0 Å². The van der Waals surface area contributed by atoms with Gasteiger partial charge in [-0.1, -0.05) is 6.08 Å². The molecule has 0 radical (unpaired) electrons. The van der Waals surface area contributed by atoms with E-state index in [-0.39, 0.29) is 0 Å². The summed E-state index contributed by atoms with van der Waals surface area (Å²) in [5.74, 6) is 0. The molecule has 0 spiro atoms. The molecule has 0 saturated carbocycles. The molecule has 1 aromatic rings. The van der Waals surface area contributed by atoms with Crippen molar-refractivity contribution in [2.75, 3.05) is 0 Å². The van der Waals surface area contributed by atoms with Crippen LogP contribution in [0.5, 0.6) is 0 Å². The molecule has 0 aliphatic carbocycles. The first-order chi connectivity index (χ1) is 5.66. The summed E-state index contributed by atoms with van der Waals surface area (Å²) >= 11 is 0. The second kappa shape index (κ2) is 3.61. The largest absolute Gasteiger partial charge is 0.351 e. The second-order valence-corrected chi connectivity index (χ2v) is 3.29. The lowest BCUT2D eigenvalue weighted by atomic mass is 10.2. The summed E-state index contributed by atoms with van der Waals surface area (Å²) in [5, 5.41) is 0. The van der Waals surface area contributed by atoms with E-state index < -0.39 is 0 Å². The zero-order valence-electron chi connectivity index (χ0n) is 8.22. The van der Waals surface area contributed by atoms with Crippen LogP contribution in [0.15, 0.2) is 18.9 Å². The van der Waals surface area contributed by atoms with Crippen molar-refractivity contribution in [2.24, 2.45) is 0 Å². The van der Waals surface area contributed by atoms with Crippen molar-refractivity contribution in [3.8, 4) is 0 Å². The molecule has 0 saturated heterocycles. The lowest BCUT2D eigenvalue weighted by Crippen LogP contribution is -1.97. The van der Waals surface area contributed by atoms with Crippen molar-refractivity contribution in [3.63, 3.8) is 0 Å². The fourth-order valence-corrected chi connectivity index (χ4v) is 1.39. The number of nitrogens with zero attached hydrogens (tertiary/aromatic N) is 1. The second-order valence-electron chi connectivity index (χ2n) is 3.29. The van der Waals surface area contributed by atoms with Gasteiger partial charge in [-0.15, -0.1) is 6.58 Å². The maximum Gasteiger partial charge on any atom is 0.0256 e. The first-order valence-corrected chi connectivity index (χ1v) is 4.40. The quantitative estimate of drug-likeness (QED) is 0.604. The Balaban J connectivity index is 2.85. The SMILES string of the molecule is C=CCCn1cc(C)c(C)c1C. The average molecular weight is 163 g/mol. The van der Waals surface area contributed by atoms with Crippen molar-refractivity contribution < 1.29 is 0 Å². The minimum atomic E-state index is 1.05. The van der Waals surface area contributed by atoms with Gasteiger partial charge in [0.25, 0.3) is 0 Å². The average Bonchev–Trinajstić information content (AvgIpc) is 2.30. The first-order valence-electron chi connectivity index (χ1n) is 4.40. The maximum absolute atomic E-state index is 3.72. The van der Waals surface area contributed by atoms with Crippen LogP contribution in [-0.4, -0.2) is 4.57 Å². The third-order valence-corrected chi connectivity index (χ3v) is 2.49. The van der Waals surface area contributed by atoms with E-state index in [4.69, 9.17) is 0 Å².